The summed E-state index contributed by atoms with van der Waals surface area (Å²) >= 11 is 5.37. The van der Waals surface area contributed by atoms with E-state index in [-0.39, 0.29) is 42.0 Å². The number of carboxylic acids is 1. The number of carbonyl (C=O) groups is 3. The van der Waals surface area contributed by atoms with Gasteiger partial charge in [-0.2, -0.15) is 0 Å². The van der Waals surface area contributed by atoms with Crippen molar-refractivity contribution in [1.29, 1.82) is 0 Å². The minimum absolute atomic E-state index is 0.0148. The van der Waals surface area contributed by atoms with E-state index in [1.54, 1.807) is 4.90 Å². The molecule has 2 aliphatic rings. The summed E-state index contributed by atoms with van der Waals surface area (Å²) < 4.78 is 0.587. The van der Waals surface area contributed by atoms with Crippen LogP contribution in [0.15, 0.2) is 21.9 Å². The van der Waals surface area contributed by atoms with Gasteiger partial charge in [0.2, 0.25) is 11.8 Å². The lowest BCUT2D eigenvalue weighted by Crippen LogP contribution is -2.70. The van der Waals surface area contributed by atoms with Crippen LogP contribution in [-0.2, 0) is 20.8 Å². The number of nitrogens with zero attached hydrogens (tertiary/aromatic N) is 3. The highest BCUT2D eigenvalue weighted by Crippen LogP contribution is 2.53. The van der Waals surface area contributed by atoms with E-state index in [9.17, 15) is 19.5 Å². The number of hydrogen-bond donors (Lipinski definition) is 3. The number of aliphatic carboxylic acids is 1. The molecule has 2 aromatic heterocycles. The maximum absolute atomic E-state index is 12.9. The molecular formula is C18H20N4O5S4. The zero-order valence-corrected chi connectivity index (χ0v) is 19.7. The number of aliphatic hydroxyl groups excluding tert-OH is 1. The Morgan fingerprint density at radius 1 is 1.42 bits per heavy atom. The molecule has 9 nitrogen and oxygen atoms in total. The fourth-order valence-corrected chi connectivity index (χ4v) is 8.57. The van der Waals surface area contributed by atoms with Crippen LogP contribution in [0, 0.1) is 5.41 Å². The van der Waals surface area contributed by atoms with Crippen LogP contribution < -0.4 is 5.32 Å². The quantitative estimate of drug-likeness (QED) is 0.364. The lowest BCUT2D eigenvalue weighted by molar-refractivity contribution is -0.157. The van der Waals surface area contributed by atoms with Gasteiger partial charge in [-0.05, 0) is 11.4 Å². The largest absolute Gasteiger partial charge is 0.481 e. The van der Waals surface area contributed by atoms with Crippen molar-refractivity contribution in [3.63, 3.8) is 0 Å². The third-order valence-corrected chi connectivity index (χ3v) is 10.2. The van der Waals surface area contributed by atoms with Crippen molar-refractivity contribution < 1.29 is 24.6 Å². The molecule has 31 heavy (non-hydrogen) atoms. The molecular weight excluding hydrogens is 480 g/mol. The molecule has 2 saturated heterocycles. The standard InChI is InChI=1S/C18H20N4O5S4/c1-9(24)19-15-18(16(26)27,8-29-17-21-20-11(30-17)4-5-23)7-22-13(25)12(14(22)31-15)10-3-2-6-28-10/h2-3,6,12,14-15,23H,4-5,7-8H2,1H3,(H,19,24)(H,26,27)/t12?,14-,15?,18?/m1/s1. The number of thiophene rings is 1. The van der Waals surface area contributed by atoms with Gasteiger partial charge in [-0.3, -0.25) is 14.4 Å². The maximum atomic E-state index is 12.9. The molecule has 13 heteroatoms. The fraction of sp³-hybridized carbons (Fsp3) is 0.500. The van der Waals surface area contributed by atoms with E-state index in [0.717, 1.165) is 4.88 Å². The average molecular weight is 501 g/mol. The van der Waals surface area contributed by atoms with Crippen molar-refractivity contribution in [2.24, 2.45) is 5.41 Å². The van der Waals surface area contributed by atoms with Crippen LogP contribution in [0.1, 0.15) is 22.7 Å². The predicted molar refractivity (Wildman–Crippen MR) is 119 cm³/mol. The van der Waals surface area contributed by atoms with Crippen LogP contribution in [0.4, 0.5) is 0 Å². The number of aliphatic hydroxyl groups is 1. The van der Waals surface area contributed by atoms with Gasteiger partial charge in [0, 0.05) is 37.1 Å². The number of aromatic nitrogens is 2. The normalized spacial score (nSPS) is 27.5. The number of hydrogen-bond acceptors (Lipinski definition) is 10. The highest BCUT2D eigenvalue weighted by molar-refractivity contribution is 8.01. The molecule has 4 rings (SSSR count). The highest BCUT2D eigenvalue weighted by Gasteiger charge is 2.62. The van der Waals surface area contributed by atoms with Crippen molar-refractivity contribution in [3.8, 4) is 0 Å². The number of β-lactam (4-membered cyclic amide) rings is 1. The van der Waals surface area contributed by atoms with Gasteiger partial charge in [0.15, 0.2) is 4.34 Å². The number of carbonyl (C=O) groups excluding carboxylic acids is 2. The molecule has 2 aliphatic heterocycles. The van der Waals surface area contributed by atoms with Crippen LogP contribution in [0.25, 0.3) is 0 Å². The Morgan fingerprint density at radius 3 is 2.87 bits per heavy atom. The molecule has 3 unspecified atom stereocenters. The van der Waals surface area contributed by atoms with Crippen molar-refractivity contribution in [1.82, 2.24) is 20.4 Å². The lowest BCUT2D eigenvalue weighted by Gasteiger charge is -2.56. The second kappa shape index (κ2) is 9.06. The second-order valence-electron chi connectivity index (χ2n) is 7.25. The van der Waals surface area contributed by atoms with Gasteiger partial charge in [0.25, 0.3) is 0 Å². The molecule has 2 fully saturated rings. The van der Waals surface area contributed by atoms with E-state index in [1.165, 1.54) is 53.1 Å². The van der Waals surface area contributed by atoms with E-state index in [4.69, 9.17) is 5.11 Å². The molecule has 4 atom stereocenters. The van der Waals surface area contributed by atoms with Gasteiger partial charge < -0.3 is 20.4 Å². The summed E-state index contributed by atoms with van der Waals surface area (Å²) in [5.74, 6) is -1.67. The van der Waals surface area contributed by atoms with Gasteiger partial charge >= 0.3 is 5.97 Å². The van der Waals surface area contributed by atoms with Crippen LogP contribution in [0.5, 0.6) is 0 Å². The first-order chi connectivity index (χ1) is 14.9. The smallest absolute Gasteiger partial charge is 0.315 e. The Balaban J connectivity index is 1.58. The Morgan fingerprint density at radius 2 is 2.23 bits per heavy atom. The zero-order valence-electron chi connectivity index (χ0n) is 16.4. The summed E-state index contributed by atoms with van der Waals surface area (Å²) in [6.45, 7) is 1.34. The first-order valence-electron chi connectivity index (χ1n) is 9.41. The monoisotopic (exact) mass is 500 g/mol. The molecule has 0 aliphatic carbocycles. The average Bonchev–Trinajstić information content (AvgIpc) is 3.39. The molecule has 166 valence electrons. The van der Waals surface area contributed by atoms with Crippen molar-refractivity contribution >= 4 is 64.0 Å². The molecule has 3 N–H and O–H groups in total. The Labute approximate surface area is 194 Å². The molecule has 2 amide bonds. The number of rotatable bonds is 8. The topological polar surface area (TPSA) is 133 Å². The number of thioether (sulfide) groups is 2. The van der Waals surface area contributed by atoms with E-state index < -0.39 is 16.8 Å². The molecule has 0 saturated carbocycles. The minimum atomic E-state index is -1.38. The Kier molecular flexibility index (Phi) is 6.58. The number of carboxylic acid groups (broad SMARTS) is 1. The lowest BCUT2D eigenvalue weighted by atomic mass is 9.84. The summed E-state index contributed by atoms with van der Waals surface area (Å²) in [6, 6.07) is 3.80. The van der Waals surface area contributed by atoms with Gasteiger partial charge in [0.05, 0.1) is 10.7 Å². The van der Waals surface area contributed by atoms with E-state index >= 15 is 0 Å². The zero-order chi connectivity index (χ0) is 22.2. The highest BCUT2D eigenvalue weighted by atomic mass is 32.2. The summed E-state index contributed by atoms with van der Waals surface area (Å²) in [6.07, 6.45) is 0.390. The SMILES string of the molecule is CC(=O)NC1S[C@@H]2C(c3cccs3)C(=O)N2CC1(CSc1nnc(CCO)s1)C(=O)O. The van der Waals surface area contributed by atoms with Crippen molar-refractivity contribution in [2.45, 2.75) is 34.3 Å². The Hall–Kier alpha value is -1.67. The molecule has 4 heterocycles. The summed E-state index contributed by atoms with van der Waals surface area (Å²) in [5.41, 5.74) is -1.38. The van der Waals surface area contributed by atoms with Crippen molar-refractivity contribution in [2.75, 3.05) is 18.9 Å². The van der Waals surface area contributed by atoms with Crippen LogP contribution in [0.3, 0.4) is 0 Å². The van der Waals surface area contributed by atoms with Crippen LogP contribution >= 0.6 is 46.2 Å². The van der Waals surface area contributed by atoms with Crippen molar-refractivity contribution in [3.05, 3.63) is 27.4 Å². The van der Waals surface area contributed by atoms with E-state index in [2.05, 4.69) is 15.5 Å². The summed E-state index contributed by atoms with van der Waals surface area (Å²) in [5, 5.41) is 31.8. The summed E-state index contributed by atoms with van der Waals surface area (Å²) in [4.78, 5) is 39.8. The second-order valence-corrected chi connectivity index (χ2v) is 11.7. The molecule has 0 spiro atoms. The maximum Gasteiger partial charge on any atom is 0.315 e. The third kappa shape index (κ3) is 4.21. The Bertz CT molecular complexity index is 984. The number of fused-ring (bicyclic) bond motifs is 1. The molecule has 0 bridgehead atoms. The fourth-order valence-electron chi connectivity index (χ4n) is 3.63. The van der Waals surface area contributed by atoms with E-state index in [0.29, 0.717) is 15.8 Å². The van der Waals surface area contributed by atoms with Gasteiger partial charge in [-0.25, -0.2) is 0 Å². The predicted octanol–water partition coefficient (Wildman–Crippen LogP) is 1.46. The van der Waals surface area contributed by atoms with Gasteiger partial charge in [-0.1, -0.05) is 29.2 Å². The molecule has 2 aromatic rings. The first kappa shape index (κ1) is 22.5. The minimum Gasteiger partial charge on any atom is -0.481 e. The molecule has 0 aromatic carbocycles. The van der Waals surface area contributed by atoms with Crippen LogP contribution in [0.2, 0.25) is 0 Å². The number of nitrogens with one attached hydrogen (secondary N) is 1. The van der Waals surface area contributed by atoms with Gasteiger partial charge in [0.1, 0.15) is 16.3 Å². The van der Waals surface area contributed by atoms with Gasteiger partial charge in [-0.15, -0.1) is 33.3 Å². The van der Waals surface area contributed by atoms with E-state index in [1.807, 2.05) is 17.5 Å². The molecule has 0 radical (unpaired) electrons. The summed E-state index contributed by atoms with van der Waals surface area (Å²) in [7, 11) is 0. The van der Waals surface area contributed by atoms with Crippen LogP contribution in [-0.4, -0.2) is 72.7 Å². The first-order valence-corrected chi connectivity index (χ1v) is 13.0. The third-order valence-electron chi connectivity index (χ3n) is 5.21. The number of amides is 2.